The smallest absolute Gasteiger partial charge is 0.326 e. The van der Waals surface area contributed by atoms with Crippen LogP contribution in [0.4, 0.5) is 0 Å². The van der Waals surface area contributed by atoms with E-state index < -0.39 is 18.0 Å². The number of carboxylic acid groups (broad SMARTS) is 2. The van der Waals surface area contributed by atoms with Gasteiger partial charge in [0, 0.05) is 12.3 Å². The molecular weight excluding hydrogens is 298 g/mol. The minimum absolute atomic E-state index is 0.0967. The third-order valence-electron chi connectivity index (χ3n) is 3.95. The number of aliphatic carboxylic acids is 2. The molecule has 0 aromatic heterocycles. The molecule has 0 rings (SSSR count). The van der Waals surface area contributed by atoms with Crippen molar-refractivity contribution in [2.45, 2.75) is 84.1 Å². The molecule has 6 nitrogen and oxygen atoms in total. The Hall–Kier alpha value is -1.59. The summed E-state index contributed by atoms with van der Waals surface area (Å²) in [5.74, 6) is -2.82. The summed E-state index contributed by atoms with van der Waals surface area (Å²) < 4.78 is 0. The third-order valence-corrected chi connectivity index (χ3v) is 3.95. The van der Waals surface area contributed by atoms with Crippen molar-refractivity contribution in [1.82, 2.24) is 5.32 Å². The summed E-state index contributed by atoms with van der Waals surface area (Å²) in [7, 11) is 0. The molecule has 0 aliphatic carbocycles. The van der Waals surface area contributed by atoms with Crippen LogP contribution in [0.5, 0.6) is 0 Å². The summed E-state index contributed by atoms with van der Waals surface area (Å²) in [6.45, 7) is 3.96. The van der Waals surface area contributed by atoms with E-state index in [0.717, 1.165) is 19.3 Å². The Bertz CT molecular complexity index is 370. The Balaban J connectivity index is 3.97. The average Bonchev–Trinajstić information content (AvgIpc) is 2.49. The SMILES string of the molecule is CCCCCCCCCC(C)C(=O)N[C@@H](CCC(=O)O)C(=O)O. The summed E-state index contributed by atoms with van der Waals surface area (Å²) in [5.41, 5.74) is 0. The first kappa shape index (κ1) is 21.4. The number of rotatable bonds is 14. The van der Waals surface area contributed by atoms with Crippen LogP contribution in [0, 0.1) is 5.92 Å². The molecule has 2 atom stereocenters. The van der Waals surface area contributed by atoms with Gasteiger partial charge in [-0.15, -0.1) is 0 Å². The van der Waals surface area contributed by atoms with Gasteiger partial charge in [0.1, 0.15) is 6.04 Å². The van der Waals surface area contributed by atoms with Crippen molar-refractivity contribution in [1.29, 1.82) is 0 Å². The zero-order chi connectivity index (χ0) is 17.7. The van der Waals surface area contributed by atoms with Crippen LogP contribution in [0.15, 0.2) is 0 Å². The fraction of sp³-hybridized carbons (Fsp3) is 0.824. The van der Waals surface area contributed by atoms with Gasteiger partial charge in [-0.2, -0.15) is 0 Å². The molecular formula is C17H31NO5. The van der Waals surface area contributed by atoms with Crippen LogP contribution in [-0.2, 0) is 14.4 Å². The molecule has 0 bridgehead atoms. The molecule has 0 saturated carbocycles. The number of carbonyl (C=O) groups is 3. The zero-order valence-corrected chi connectivity index (χ0v) is 14.3. The topological polar surface area (TPSA) is 104 Å². The lowest BCUT2D eigenvalue weighted by molar-refractivity contribution is -0.143. The van der Waals surface area contributed by atoms with E-state index in [-0.39, 0.29) is 24.7 Å². The predicted molar refractivity (Wildman–Crippen MR) is 88.2 cm³/mol. The molecule has 134 valence electrons. The minimum Gasteiger partial charge on any atom is -0.481 e. The van der Waals surface area contributed by atoms with Crippen LogP contribution in [-0.4, -0.2) is 34.1 Å². The maximum absolute atomic E-state index is 12.0. The van der Waals surface area contributed by atoms with E-state index in [4.69, 9.17) is 10.2 Å². The fourth-order valence-electron chi connectivity index (χ4n) is 2.38. The Morgan fingerprint density at radius 3 is 2.00 bits per heavy atom. The molecule has 1 amide bonds. The summed E-state index contributed by atoms with van der Waals surface area (Å²) in [4.78, 5) is 33.5. The first-order valence-corrected chi connectivity index (χ1v) is 8.63. The highest BCUT2D eigenvalue weighted by Crippen LogP contribution is 2.13. The summed E-state index contributed by atoms with van der Waals surface area (Å²) in [6.07, 6.45) is 8.55. The summed E-state index contributed by atoms with van der Waals surface area (Å²) >= 11 is 0. The van der Waals surface area contributed by atoms with Crippen LogP contribution in [0.3, 0.4) is 0 Å². The van der Waals surface area contributed by atoms with E-state index in [9.17, 15) is 14.4 Å². The quantitative estimate of drug-likeness (QED) is 0.425. The second kappa shape index (κ2) is 12.9. The van der Waals surface area contributed by atoms with Crippen molar-refractivity contribution in [3.63, 3.8) is 0 Å². The van der Waals surface area contributed by atoms with Crippen LogP contribution in [0.25, 0.3) is 0 Å². The van der Waals surface area contributed by atoms with Crippen LogP contribution >= 0.6 is 0 Å². The lowest BCUT2D eigenvalue weighted by Gasteiger charge is -2.17. The van der Waals surface area contributed by atoms with Crippen LogP contribution in [0.1, 0.15) is 78.1 Å². The molecule has 6 heteroatoms. The lowest BCUT2D eigenvalue weighted by atomic mass is 10.00. The van der Waals surface area contributed by atoms with Gasteiger partial charge in [0.05, 0.1) is 0 Å². The van der Waals surface area contributed by atoms with Crippen molar-refractivity contribution in [2.75, 3.05) is 0 Å². The molecule has 0 heterocycles. The molecule has 0 saturated heterocycles. The van der Waals surface area contributed by atoms with E-state index in [1.54, 1.807) is 6.92 Å². The number of unbranched alkanes of at least 4 members (excludes halogenated alkanes) is 6. The van der Waals surface area contributed by atoms with Crippen LogP contribution in [0.2, 0.25) is 0 Å². The molecule has 0 fully saturated rings. The van der Waals surface area contributed by atoms with Crippen molar-refractivity contribution in [3.8, 4) is 0 Å². The van der Waals surface area contributed by atoms with E-state index in [1.165, 1.54) is 32.1 Å². The molecule has 23 heavy (non-hydrogen) atoms. The molecule has 0 aromatic carbocycles. The first-order chi connectivity index (χ1) is 10.9. The van der Waals surface area contributed by atoms with E-state index in [0.29, 0.717) is 0 Å². The molecule has 1 unspecified atom stereocenters. The zero-order valence-electron chi connectivity index (χ0n) is 14.3. The Morgan fingerprint density at radius 1 is 0.913 bits per heavy atom. The summed E-state index contributed by atoms with van der Waals surface area (Å²) in [5, 5.41) is 20.1. The highest BCUT2D eigenvalue weighted by molar-refractivity contribution is 5.85. The number of amides is 1. The normalized spacial score (nSPS) is 13.3. The highest BCUT2D eigenvalue weighted by atomic mass is 16.4. The van der Waals surface area contributed by atoms with Gasteiger partial charge in [-0.25, -0.2) is 4.79 Å². The third kappa shape index (κ3) is 11.6. The molecule has 0 aliphatic heterocycles. The van der Waals surface area contributed by atoms with Gasteiger partial charge in [0.25, 0.3) is 0 Å². The molecule has 0 aromatic rings. The van der Waals surface area contributed by atoms with E-state index in [2.05, 4.69) is 12.2 Å². The Kier molecular flexibility index (Phi) is 12.0. The van der Waals surface area contributed by atoms with Gasteiger partial charge in [0.2, 0.25) is 5.91 Å². The first-order valence-electron chi connectivity index (χ1n) is 8.63. The van der Waals surface area contributed by atoms with E-state index >= 15 is 0 Å². The van der Waals surface area contributed by atoms with Crippen molar-refractivity contribution in [3.05, 3.63) is 0 Å². The van der Waals surface area contributed by atoms with Crippen molar-refractivity contribution in [2.24, 2.45) is 5.92 Å². The van der Waals surface area contributed by atoms with Gasteiger partial charge < -0.3 is 15.5 Å². The second-order valence-corrected chi connectivity index (χ2v) is 6.14. The Morgan fingerprint density at radius 2 is 1.48 bits per heavy atom. The molecule has 3 N–H and O–H groups in total. The summed E-state index contributed by atoms with van der Waals surface area (Å²) in [6, 6.07) is -1.13. The largest absolute Gasteiger partial charge is 0.481 e. The van der Waals surface area contributed by atoms with Gasteiger partial charge in [-0.05, 0) is 12.8 Å². The molecule has 0 aliphatic rings. The van der Waals surface area contributed by atoms with Gasteiger partial charge in [-0.1, -0.05) is 58.8 Å². The predicted octanol–water partition coefficient (Wildman–Crippen LogP) is 3.20. The monoisotopic (exact) mass is 329 g/mol. The number of nitrogens with one attached hydrogen (secondary N) is 1. The number of carboxylic acids is 2. The highest BCUT2D eigenvalue weighted by Gasteiger charge is 2.23. The maximum Gasteiger partial charge on any atom is 0.326 e. The van der Waals surface area contributed by atoms with Crippen LogP contribution < -0.4 is 5.32 Å². The van der Waals surface area contributed by atoms with Crippen molar-refractivity contribution < 1.29 is 24.6 Å². The van der Waals surface area contributed by atoms with Gasteiger partial charge in [-0.3, -0.25) is 9.59 Å². The minimum atomic E-state index is -1.19. The number of hydrogen-bond acceptors (Lipinski definition) is 3. The maximum atomic E-state index is 12.0. The van der Waals surface area contributed by atoms with Gasteiger partial charge in [0.15, 0.2) is 0 Å². The van der Waals surface area contributed by atoms with Crippen molar-refractivity contribution >= 4 is 17.8 Å². The Labute approximate surface area is 138 Å². The molecule has 0 spiro atoms. The standard InChI is InChI=1S/C17H31NO5/c1-3-4-5-6-7-8-9-10-13(2)16(21)18-14(17(22)23)11-12-15(19)20/h13-14H,3-12H2,1-2H3,(H,18,21)(H,19,20)(H,22,23)/t13?,14-/m0/s1. The number of hydrogen-bond donors (Lipinski definition) is 3. The molecule has 0 radical (unpaired) electrons. The van der Waals surface area contributed by atoms with E-state index in [1.807, 2.05) is 0 Å². The lowest BCUT2D eigenvalue weighted by Crippen LogP contribution is -2.43. The fourth-order valence-corrected chi connectivity index (χ4v) is 2.38. The number of carbonyl (C=O) groups excluding carboxylic acids is 1. The average molecular weight is 329 g/mol. The van der Waals surface area contributed by atoms with Gasteiger partial charge >= 0.3 is 11.9 Å². The second-order valence-electron chi connectivity index (χ2n) is 6.14.